The van der Waals surface area contributed by atoms with Gasteiger partial charge in [0.25, 0.3) is 0 Å². The van der Waals surface area contributed by atoms with Gasteiger partial charge in [0.1, 0.15) is 0 Å². The summed E-state index contributed by atoms with van der Waals surface area (Å²) in [5, 5.41) is 4.06. The van der Waals surface area contributed by atoms with Crippen LogP contribution in [0.2, 0.25) is 0 Å². The summed E-state index contributed by atoms with van der Waals surface area (Å²) in [7, 11) is -2.14. The molecule has 0 fully saturated rings. The minimum Gasteiger partial charge on any atom is -0.748 e. The summed E-state index contributed by atoms with van der Waals surface area (Å²) in [6.45, 7) is 1.42. The van der Waals surface area contributed by atoms with E-state index in [2.05, 4.69) is 5.38 Å². The standard InChI is InChI=1S/C9H15NO3S2.Li/c1-10(4-2-6-15(11,12)13)7-9-3-5-14-8-9;/h3,5,8H,2,4,6-7H2,1H3,(H,11,12,13);/q;+1/p-1. The van der Waals surface area contributed by atoms with Crippen molar-refractivity contribution in [2.45, 2.75) is 13.0 Å². The Bertz CT molecular complexity index is 377. The van der Waals surface area contributed by atoms with Crippen LogP contribution in [-0.4, -0.2) is 37.2 Å². The molecule has 0 bridgehead atoms. The van der Waals surface area contributed by atoms with Crippen LogP contribution < -0.4 is 18.9 Å². The second-order valence-corrected chi connectivity index (χ2v) is 5.79. The first-order chi connectivity index (χ1) is 6.97. The van der Waals surface area contributed by atoms with Crippen LogP contribution >= 0.6 is 11.3 Å². The van der Waals surface area contributed by atoms with E-state index in [4.69, 9.17) is 0 Å². The molecule has 0 aliphatic heterocycles. The summed E-state index contributed by atoms with van der Waals surface area (Å²) in [5.41, 5.74) is 1.22. The zero-order chi connectivity index (χ0) is 11.3. The van der Waals surface area contributed by atoms with Gasteiger partial charge in [0.15, 0.2) is 0 Å². The van der Waals surface area contributed by atoms with E-state index in [0.717, 1.165) is 6.54 Å². The van der Waals surface area contributed by atoms with Crippen LogP contribution in [0.15, 0.2) is 16.8 Å². The number of rotatable bonds is 6. The summed E-state index contributed by atoms with van der Waals surface area (Å²) in [4.78, 5) is 2.01. The summed E-state index contributed by atoms with van der Waals surface area (Å²) in [6, 6.07) is 2.03. The number of hydrogen-bond acceptors (Lipinski definition) is 5. The zero-order valence-electron chi connectivity index (χ0n) is 9.55. The Kier molecular flexibility index (Phi) is 7.56. The maximum Gasteiger partial charge on any atom is 1.00 e. The first kappa shape index (κ1) is 16.2. The third kappa shape index (κ3) is 7.44. The van der Waals surface area contributed by atoms with Crippen molar-refractivity contribution in [2.24, 2.45) is 0 Å². The van der Waals surface area contributed by atoms with Gasteiger partial charge in [0.05, 0.1) is 10.1 Å². The first-order valence-corrected chi connectivity index (χ1v) is 7.12. The van der Waals surface area contributed by atoms with Crippen LogP contribution in [0.1, 0.15) is 12.0 Å². The molecule has 0 unspecified atom stereocenters. The van der Waals surface area contributed by atoms with Gasteiger partial charge in [0.2, 0.25) is 0 Å². The molecule has 0 radical (unpaired) electrons. The smallest absolute Gasteiger partial charge is 0.748 e. The van der Waals surface area contributed by atoms with Crippen LogP contribution in [0.3, 0.4) is 0 Å². The van der Waals surface area contributed by atoms with Crippen LogP contribution in [-0.2, 0) is 16.7 Å². The second kappa shape index (κ2) is 7.48. The molecule has 1 aromatic heterocycles. The van der Waals surface area contributed by atoms with Gasteiger partial charge in [-0.15, -0.1) is 0 Å². The molecular weight excluding hydrogens is 241 g/mol. The zero-order valence-corrected chi connectivity index (χ0v) is 11.2. The molecule has 0 amide bonds. The maximum absolute atomic E-state index is 10.4. The van der Waals surface area contributed by atoms with E-state index in [-0.39, 0.29) is 24.6 Å². The fourth-order valence-electron chi connectivity index (χ4n) is 1.28. The molecule has 16 heavy (non-hydrogen) atoms. The Morgan fingerprint density at radius 1 is 1.50 bits per heavy atom. The van der Waals surface area contributed by atoms with Crippen molar-refractivity contribution >= 4 is 21.5 Å². The first-order valence-electron chi connectivity index (χ1n) is 4.60. The van der Waals surface area contributed by atoms with Gasteiger partial charge in [-0.1, -0.05) is 0 Å². The Morgan fingerprint density at radius 3 is 2.69 bits per heavy atom. The molecule has 0 N–H and O–H groups in total. The minimum atomic E-state index is -4.06. The van der Waals surface area contributed by atoms with Gasteiger partial charge in [-0.25, -0.2) is 8.42 Å². The van der Waals surface area contributed by atoms with Gasteiger partial charge in [-0.3, -0.25) is 0 Å². The molecule has 0 saturated heterocycles. The Labute approximate surface area is 113 Å². The van der Waals surface area contributed by atoms with Crippen molar-refractivity contribution in [1.29, 1.82) is 0 Å². The normalized spacial score (nSPS) is 11.4. The van der Waals surface area contributed by atoms with E-state index in [0.29, 0.717) is 13.0 Å². The predicted molar refractivity (Wildman–Crippen MR) is 59.8 cm³/mol. The van der Waals surface area contributed by atoms with Crippen LogP contribution in [0.5, 0.6) is 0 Å². The maximum atomic E-state index is 10.4. The third-order valence-electron chi connectivity index (χ3n) is 1.97. The summed E-state index contributed by atoms with van der Waals surface area (Å²) in [5.74, 6) is -0.277. The van der Waals surface area contributed by atoms with Gasteiger partial charge >= 0.3 is 18.9 Å². The molecule has 0 spiro atoms. The number of hydrogen-bond donors (Lipinski definition) is 0. The molecule has 86 valence electrons. The Hall–Kier alpha value is 0.167. The van der Waals surface area contributed by atoms with E-state index >= 15 is 0 Å². The third-order valence-corrected chi connectivity index (χ3v) is 3.49. The van der Waals surface area contributed by atoms with Gasteiger partial charge in [-0.05, 0) is 42.4 Å². The van der Waals surface area contributed by atoms with Crippen molar-refractivity contribution in [3.8, 4) is 0 Å². The largest absolute Gasteiger partial charge is 1.00 e. The topological polar surface area (TPSA) is 60.4 Å². The SMILES string of the molecule is CN(CCCS(=O)(=O)[O-])Cc1ccsc1.[Li+]. The molecule has 1 aromatic rings. The molecule has 0 aliphatic carbocycles. The number of nitrogens with zero attached hydrogens (tertiary/aromatic N) is 1. The van der Waals surface area contributed by atoms with E-state index in [1.165, 1.54) is 5.56 Å². The molecular formula is C9H14LiNO3S2. The average Bonchev–Trinajstić information content (AvgIpc) is 2.54. The summed E-state index contributed by atoms with van der Waals surface area (Å²) in [6.07, 6.45) is 0.395. The quantitative estimate of drug-likeness (QED) is 0.441. The molecule has 0 saturated carbocycles. The molecule has 4 nitrogen and oxygen atoms in total. The van der Waals surface area contributed by atoms with Crippen LogP contribution in [0.25, 0.3) is 0 Å². The van der Waals surface area contributed by atoms with Gasteiger partial charge < -0.3 is 9.45 Å². The van der Waals surface area contributed by atoms with Crippen molar-refractivity contribution < 1.29 is 31.8 Å². The van der Waals surface area contributed by atoms with Gasteiger partial charge in [0, 0.05) is 12.3 Å². The van der Waals surface area contributed by atoms with Crippen molar-refractivity contribution in [1.82, 2.24) is 4.90 Å². The fourth-order valence-corrected chi connectivity index (χ4v) is 2.43. The van der Waals surface area contributed by atoms with E-state index in [9.17, 15) is 13.0 Å². The predicted octanol–water partition coefficient (Wildman–Crippen LogP) is -1.88. The molecule has 1 heterocycles. The molecule has 0 atom stereocenters. The Balaban J connectivity index is 0.00000225. The average molecular weight is 255 g/mol. The summed E-state index contributed by atoms with van der Waals surface area (Å²) < 4.78 is 31.1. The number of thiophene rings is 1. The van der Waals surface area contributed by atoms with Crippen molar-refractivity contribution in [3.63, 3.8) is 0 Å². The summed E-state index contributed by atoms with van der Waals surface area (Å²) >= 11 is 1.64. The van der Waals surface area contributed by atoms with E-state index < -0.39 is 10.1 Å². The van der Waals surface area contributed by atoms with Crippen molar-refractivity contribution in [2.75, 3.05) is 19.3 Å². The van der Waals surface area contributed by atoms with Crippen LogP contribution in [0.4, 0.5) is 0 Å². The minimum absolute atomic E-state index is 0. The van der Waals surface area contributed by atoms with Gasteiger partial charge in [-0.2, -0.15) is 11.3 Å². The molecule has 0 aromatic carbocycles. The van der Waals surface area contributed by atoms with E-state index in [1.807, 2.05) is 23.4 Å². The second-order valence-electron chi connectivity index (χ2n) is 3.48. The Morgan fingerprint density at radius 2 is 2.19 bits per heavy atom. The fraction of sp³-hybridized carbons (Fsp3) is 0.556. The molecule has 7 heteroatoms. The van der Waals surface area contributed by atoms with Crippen molar-refractivity contribution in [3.05, 3.63) is 22.4 Å². The van der Waals surface area contributed by atoms with Crippen LogP contribution in [0, 0.1) is 0 Å². The van der Waals surface area contributed by atoms with E-state index in [1.54, 1.807) is 11.3 Å². The monoisotopic (exact) mass is 255 g/mol. The molecule has 0 aliphatic rings. The molecule has 1 rings (SSSR count).